The lowest BCUT2D eigenvalue weighted by molar-refractivity contribution is -0.133. The SMILES string of the molecule is Nc1ccc(C2(C(=O)N3CCCNCC3)CC2)cc1. The molecule has 4 nitrogen and oxygen atoms in total. The van der Waals surface area contributed by atoms with Crippen molar-refractivity contribution in [3.63, 3.8) is 0 Å². The number of nitrogens with zero attached hydrogens (tertiary/aromatic N) is 1. The molecular weight excluding hydrogens is 238 g/mol. The molecule has 1 heterocycles. The first-order chi connectivity index (χ1) is 9.22. The lowest BCUT2D eigenvalue weighted by Crippen LogP contribution is -2.41. The summed E-state index contributed by atoms with van der Waals surface area (Å²) in [6.45, 7) is 3.63. The van der Waals surface area contributed by atoms with Gasteiger partial charge in [-0.25, -0.2) is 0 Å². The van der Waals surface area contributed by atoms with Crippen LogP contribution in [0.5, 0.6) is 0 Å². The Labute approximate surface area is 114 Å². The number of hydrogen-bond donors (Lipinski definition) is 2. The molecule has 19 heavy (non-hydrogen) atoms. The fourth-order valence-corrected chi connectivity index (χ4v) is 2.90. The van der Waals surface area contributed by atoms with Gasteiger partial charge in [0.2, 0.25) is 5.91 Å². The molecule has 3 N–H and O–H groups in total. The Bertz CT molecular complexity index is 457. The summed E-state index contributed by atoms with van der Waals surface area (Å²) in [6, 6.07) is 7.81. The van der Waals surface area contributed by atoms with Crippen molar-refractivity contribution in [3.05, 3.63) is 29.8 Å². The van der Waals surface area contributed by atoms with Crippen molar-refractivity contribution in [1.82, 2.24) is 10.2 Å². The Hall–Kier alpha value is -1.55. The molecule has 0 unspecified atom stereocenters. The molecular formula is C15H21N3O. The van der Waals surface area contributed by atoms with Crippen molar-refractivity contribution in [1.29, 1.82) is 0 Å². The predicted octanol–water partition coefficient (Wildman–Crippen LogP) is 1.12. The van der Waals surface area contributed by atoms with Gasteiger partial charge in [0.05, 0.1) is 5.41 Å². The molecule has 0 bridgehead atoms. The van der Waals surface area contributed by atoms with Crippen LogP contribution < -0.4 is 11.1 Å². The van der Waals surface area contributed by atoms with Crippen molar-refractivity contribution in [2.45, 2.75) is 24.7 Å². The highest BCUT2D eigenvalue weighted by Crippen LogP contribution is 2.49. The van der Waals surface area contributed by atoms with Gasteiger partial charge in [0.15, 0.2) is 0 Å². The van der Waals surface area contributed by atoms with Gasteiger partial charge >= 0.3 is 0 Å². The first-order valence-corrected chi connectivity index (χ1v) is 7.08. The molecule has 1 saturated heterocycles. The molecule has 4 heteroatoms. The molecule has 1 aromatic rings. The quantitative estimate of drug-likeness (QED) is 0.783. The fraction of sp³-hybridized carbons (Fsp3) is 0.533. The van der Waals surface area contributed by atoms with Crippen LogP contribution in [0, 0.1) is 0 Å². The second-order valence-corrected chi connectivity index (χ2v) is 5.60. The van der Waals surface area contributed by atoms with Crippen molar-refractivity contribution in [3.8, 4) is 0 Å². The molecule has 102 valence electrons. The minimum atomic E-state index is -0.252. The molecule has 2 fully saturated rings. The third kappa shape index (κ3) is 2.32. The third-order valence-corrected chi connectivity index (χ3v) is 4.25. The van der Waals surface area contributed by atoms with E-state index in [1.165, 1.54) is 0 Å². The lowest BCUT2D eigenvalue weighted by atomic mass is 9.94. The lowest BCUT2D eigenvalue weighted by Gasteiger charge is -2.26. The summed E-state index contributed by atoms with van der Waals surface area (Å²) in [6.07, 6.45) is 2.99. The summed E-state index contributed by atoms with van der Waals surface area (Å²) in [5, 5.41) is 3.34. The van der Waals surface area contributed by atoms with Crippen LogP contribution in [0.1, 0.15) is 24.8 Å². The van der Waals surface area contributed by atoms with E-state index in [9.17, 15) is 4.79 Å². The average molecular weight is 259 g/mol. The molecule has 1 aliphatic heterocycles. The van der Waals surface area contributed by atoms with E-state index in [0.717, 1.165) is 56.7 Å². The van der Waals surface area contributed by atoms with Crippen molar-refractivity contribution < 1.29 is 4.79 Å². The number of benzene rings is 1. The van der Waals surface area contributed by atoms with E-state index in [4.69, 9.17) is 5.73 Å². The van der Waals surface area contributed by atoms with Crippen LogP contribution in [-0.4, -0.2) is 37.0 Å². The highest BCUT2D eigenvalue weighted by atomic mass is 16.2. The molecule has 1 saturated carbocycles. The predicted molar refractivity (Wildman–Crippen MR) is 75.8 cm³/mol. The summed E-state index contributed by atoms with van der Waals surface area (Å²) in [5.74, 6) is 0.306. The second-order valence-electron chi connectivity index (χ2n) is 5.60. The zero-order valence-corrected chi connectivity index (χ0v) is 11.2. The van der Waals surface area contributed by atoms with E-state index in [-0.39, 0.29) is 5.41 Å². The topological polar surface area (TPSA) is 58.4 Å². The van der Waals surface area contributed by atoms with Crippen LogP contribution >= 0.6 is 0 Å². The van der Waals surface area contributed by atoms with Crippen molar-refractivity contribution >= 4 is 11.6 Å². The highest BCUT2D eigenvalue weighted by Gasteiger charge is 2.52. The van der Waals surface area contributed by atoms with Gasteiger partial charge in [-0.1, -0.05) is 12.1 Å². The number of nitrogens with two attached hydrogens (primary N) is 1. The largest absolute Gasteiger partial charge is 0.399 e. The van der Waals surface area contributed by atoms with Gasteiger partial charge in [-0.15, -0.1) is 0 Å². The summed E-state index contributed by atoms with van der Waals surface area (Å²) in [7, 11) is 0. The third-order valence-electron chi connectivity index (χ3n) is 4.25. The van der Waals surface area contributed by atoms with Crippen LogP contribution in [-0.2, 0) is 10.2 Å². The maximum Gasteiger partial charge on any atom is 0.233 e. The standard InChI is InChI=1S/C15H21N3O/c16-13-4-2-12(3-5-13)15(6-7-15)14(19)18-10-1-8-17-9-11-18/h2-5,17H,1,6-11,16H2. The number of rotatable bonds is 2. The van der Waals surface area contributed by atoms with Gasteiger partial charge < -0.3 is 16.0 Å². The minimum Gasteiger partial charge on any atom is -0.399 e. The molecule has 1 amide bonds. The molecule has 1 aromatic carbocycles. The first kappa shape index (κ1) is 12.5. The number of carbonyl (C=O) groups is 1. The van der Waals surface area contributed by atoms with Gasteiger partial charge in [0.1, 0.15) is 0 Å². The Balaban J connectivity index is 1.80. The van der Waals surface area contributed by atoms with Crippen LogP contribution in [0.4, 0.5) is 5.69 Å². The Morgan fingerprint density at radius 1 is 1.16 bits per heavy atom. The Morgan fingerprint density at radius 3 is 2.58 bits per heavy atom. The Morgan fingerprint density at radius 2 is 1.89 bits per heavy atom. The smallest absolute Gasteiger partial charge is 0.233 e. The molecule has 0 radical (unpaired) electrons. The summed E-state index contributed by atoms with van der Waals surface area (Å²) < 4.78 is 0. The normalized spacial score (nSPS) is 21.8. The zero-order valence-electron chi connectivity index (χ0n) is 11.2. The summed E-state index contributed by atoms with van der Waals surface area (Å²) in [4.78, 5) is 14.8. The average Bonchev–Trinajstić information content (AvgIpc) is 3.24. The summed E-state index contributed by atoms with van der Waals surface area (Å²) >= 11 is 0. The zero-order chi connectivity index (χ0) is 13.3. The maximum atomic E-state index is 12.8. The number of carbonyl (C=O) groups excluding carboxylic acids is 1. The monoisotopic (exact) mass is 259 g/mol. The summed E-state index contributed by atoms with van der Waals surface area (Å²) in [5.41, 5.74) is 7.36. The van der Waals surface area contributed by atoms with E-state index in [0.29, 0.717) is 5.91 Å². The fourth-order valence-electron chi connectivity index (χ4n) is 2.90. The number of anilines is 1. The first-order valence-electron chi connectivity index (χ1n) is 7.08. The van der Waals surface area contributed by atoms with Gasteiger partial charge in [0, 0.05) is 25.3 Å². The molecule has 2 aliphatic rings. The minimum absolute atomic E-state index is 0.252. The molecule has 1 aliphatic carbocycles. The number of nitrogens with one attached hydrogen (secondary N) is 1. The molecule has 0 atom stereocenters. The van der Waals surface area contributed by atoms with Crippen LogP contribution in [0.2, 0.25) is 0 Å². The van der Waals surface area contributed by atoms with Gasteiger partial charge in [-0.3, -0.25) is 4.79 Å². The van der Waals surface area contributed by atoms with E-state index in [1.807, 2.05) is 29.2 Å². The molecule has 0 spiro atoms. The van der Waals surface area contributed by atoms with Crippen LogP contribution in [0.3, 0.4) is 0 Å². The van der Waals surface area contributed by atoms with E-state index >= 15 is 0 Å². The van der Waals surface area contributed by atoms with E-state index in [2.05, 4.69) is 5.32 Å². The van der Waals surface area contributed by atoms with E-state index in [1.54, 1.807) is 0 Å². The highest BCUT2D eigenvalue weighted by molar-refractivity contribution is 5.91. The van der Waals surface area contributed by atoms with E-state index < -0.39 is 0 Å². The number of amides is 1. The maximum absolute atomic E-state index is 12.8. The van der Waals surface area contributed by atoms with Gasteiger partial charge in [-0.2, -0.15) is 0 Å². The second kappa shape index (κ2) is 4.85. The van der Waals surface area contributed by atoms with Crippen LogP contribution in [0.15, 0.2) is 24.3 Å². The molecule has 3 rings (SSSR count). The van der Waals surface area contributed by atoms with Crippen molar-refractivity contribution in [2.75, 3.05) is 31.9 Å². The van der Waals surface area contributed by atoms with Crippen molar-refractivity contribution in [2.24, 2.45) is 0 Å². The number of nitrogen functional groups attached to an aromatic ring is 1. The van der Waals surface area contributed by atoms with Gasteiger partial charge in [0.25, 0.3) is 0 Å². The number of hydrogen-bond acceptors (Lipinski definition) is 3. The van der Waals surface area contributed by atoms with Gasteiger partial charge in [-0.05, 0) is 43.5 Å². The van der Waals surface area contributed by atoms with Crippen LogP contribution in [0.25, 0.3) is 0 Å². The molecule has 0 aromatic heterocycles. The Kier molecular flexibility index (Phi) is 3.19.